The van der Waals surface area contributed by atoms with E-state index in [1.54, 1.807) is 0 Å². The second-order valence-electron chi connectivity index (χ2n) is 6.16. The minimum absolute atomic E-state index is 0.387. The van der Waals surface area contributed by atoms with E-state index < -0.39 is 0 Å². The Bertz CT molecular complexity index is 228. The van der Waals surface area contributed by atoms with Crippen molar-refractivity contribution in [3.8, 4) is 0 Å². The van der Waals surface area contributed by atoms with Gasteiger partial charge in [-0.2, -0.15) is 0 Å². The van der Waals surface area contributed by atoms with Gasteiger partial charge in [0, 0.05) is 44.3 Å². The lowest BCUT2D eigenvalue weighted by molar-refractivity contribution is 0.0839. The monoisotopic (exact) mass is 239 g/mol. The Balaban J connectivity index is 1.75. The van der Waals surface area contributed by atoms with Crippen molar-refractivity contribution in [3.63, 3.8) is 0 Å². The van der Waals surface area contributed by atoms with E-state index in [0.717, 1.165) is 6.04 Å². The summed E-state index contributed by atoms with van der Waals surface area (Å²) in [4.78, 5) is 5.29. The van der Waals surface area contributed by atoms with Gasteiger partial charge in [-0.05, 0) is 39.7 Å². The van der Waals surface area contributed by atoms with Crippen molar-refractivity contribution in [1.82, 2.24) is 15.1 Å². The predicted octanol–water partition coefficient (Wildman–Crippen LogP) is 1.54. The van der Waals surface area contributed by atoms with Crippen LogP contribution in [0.25, 0.3) is 0 Å². The number of rotatable bonds is 4. The Kier molecular flexibility index (Phi) is 4.45. The second-order valence-corrected chi connectivity index (χ2v) is 6.16. The van der Waals surface area contributed by atoms with E-state index in [9.17, 15) is 0 Å². The van der Waals surface area contributed by atoms with Crippen LogP contribution in [0.1, 0.15) is 40.0 Å². The molecule has 2 aliphatic heterocycles. The Labute approximate surface area is 107 Å². The molecule has 2 fully saturated rings. The molecule has 2 aliphatic rings. The van der Waals surface area contributed by atoms with Gasteiger partial charge in [0.05, 0.1) is 0 Å². The normalized spacial score (nSPS) is 34.1. The van der Waals surface area contributed by atoms with E-state index in [2.05, 4.69) is 35.9 Å². The summed E-state index contributed by atoms with van der Waals surface area (Å²) in [5.74, 6) is 0. The van der Waals surface area contributed by atoms with Crippen molar-refractivity contribution in [1.29, 1.82) is 0 Å². The highest BCUT2D eigenvalue weighted by molar-refractivity contribution is 4.92. The number of hydrogen-bond donors (Lipinski definition) is 1. The summed E-state index contributed by atoms with van der Waals surface area (Å²) in [6.45, 7) is 14.5. The average Bonchev–Trinajstić information content (AvgIpc) is 2.76. The summed E-state index contributed by atoms with van der Waals surface area (Å²) in [7, 11) is 0. The molecule has 3 nitrogen and oxygen atoms in total. The molecule has 0 aromatic heterocycles. The molecule has 0 spiro atoms. The van der Waals surface area contributed by atoms with Gasteiger partial charge >= 0.3 is 0 Å². The summed E-state index contributed by atoms with van der Waals surface area (Å²) in [5.41, 5.74) is 0.387. The topological polar surface area (TPSA) is 18.5 Å². The summed E-state index contributed by atoms with van der Waals surface area (Å²) in [5, 5.41) is 3.67. The molecule has 17 heavy (non-hydrogen) atoms. The first-order valence-corrected chi connectivity index (χ1v) is 7.34. The molecule has 0 saturated carbocycles. The van der Waals surface area contributed by atoms with Gasteiger partial charge in [0.2, 0.25) is 0 Å². The molecule has 3 heteroatoms. The zero-order valence-corrected chi connectivity index (χ0v) is 11.8. The van der Waals surface area contributed by atoms with Gasteiger partial charge in [-0.15, -0.1) is 0 Å². The number of piperazine rings is 1. The summed E-state index contributed by atoms with van der Waals surface area (Å²) in [6.07, 6.45) is 3.97. The molecule has 0 aromatic carbocycles. The van der Waals surface area contributed by atoms with Crippen molar-refractivity contribution in [2.24, 2.45) is 0 Å². The highest BCUT2D eigenvalue weighted by Gasteiger charge is 2.31. The third-order valence-electron chi connectivity index (χ3n) is 4.65. The van der Waals surface area contributed by atoms with Gasteiger partial charge in [0.25, 0.3) is 0 Å². The molecule has 0 bridgehead atoms. The lowest BCUT2D eigenvalue weighted by atomic mass is 9.99. The molecule has 2 unspecified atom stereocenters. The van der Waals surface area contributed by atoms with Crippen LogP contribution in [0.5, 0.6) is 0 Å². The first-order chi connectivity index (χ1) is 8.13. The van der Waals surface area contributed by atoms with Crippen LogP contribution in [0.15, 0.2) is 0 Å². The van der Waals surface area contributed by atoms with Gasteiger partial charge < -0.3 is 5.32 Å². The first kappa shape index (κ1) is 13.3. The van der Waals surface area contributed by atoms with E-state index in [1.807, 2.05) is 0 Å². The van der Waals surface area contributed by atoms with Crippen LogP contribution in [0, 0.1) is 0 Å². The molecule has 2 atom stereocenters. The third-order valence-corrected chi connectivity index (χ3v) is 4.65. The lowest BCUT2D eigenvalue weighted by Gasteiger charge is -2.41. The maximum atomic E-state index is 3.67. The summed E-state index contributed by atoms with van der Waals surface area (Å²) >= 11 is 0. The summed E-state index contributed by atoms with van der Waals surface area (Å²) in [6, 6.07) is 0.761. The minimum Gasteiger partial charge on any atom is -0.310 e. The Morgan fingerprint density at radius 2 is 1.94 bits per heavy atom. The first-order valence-electron chi connectivity index (χ1n) is 7.34. The number of nitrogens with one attached hydrogen (secondary N) is 1. The van der Waals surface area contributed by atoms with E-state index >= 15 is 0 Å². The van der Waals surface area contributed by atoms with Crippen molar-refractivity contribution in [2.45, 2.75) is 51.6 Å². The van der Waals surface area contributed by atoms with Crippen LogP contribution in [-0.2, 0) is 0 Å². The smallest absolute Gasteiger partial charge is 0.0280 e. The van der Waals surface area contributed by atoms with Gasteiger partial charge in [-0.1, -0.05) is 6.92 Å². The molecule has 0 aliphatic carbocycles. The molecule has 0 radical (unpaired) electrons. The molecule has 0 amide bonds. The van der Waals surface area contributed by atoms with Crippen LogP contribution in [0.2, 0.25) is 0 Å². The molecule has 2 heterocycles. The Hall–Kier alpha value is -0.120. The number of hydrogen-bond acceptors (Lipinski definition) is 3. The van der Waals surface area contributed by atoms with Gasteiger partial charge in [0.15, 0.2) is 0 Å². The fourth-order valence-corrected chi connectivity index (χ4v) is 3.21. The summed E-state index contributed by atoms with van der Waals surface area (Å²) < 4.78 is 0. The molecule has 2 saturated heterocycles. The fraction of sp³-hybridized carbons (Fsp3) is 1.00. The molecular formula is C14H29N3. The van der Waals surface area contributed by atoms with Crippen LogP contribution >= 0.6 is 0 Å². The van der Waals surface area contributed by atoms with Gasteiger partial charge in [0.1, 0.15) is 0 Å². The molecule has 100 valence electrons. The van der Waals surface area contributed by atoms with Crippen molar-refractivity contribution in [2.75, 3.05) is 39.3 Å². The van der Waals surface area contributed by atoms with Crippen LogP contribution < -0.4 is 5.32 Å². The fourth-order valence-electron chi connectivity index (χ4n) is 3.21. The zero-order valence-electron chi connectivity index (χ0n) is 11.8. The Morgan fingerprint density at radius 1 is 1.24 bits per heavy atom. The van der Waals surface area contributed by atoms with Crippen molar-refractivity contribution in [3.05, 3.63) is 0 Å². The lowest BCUT2D eigenvalue weighted by Crippen LogP contribution is -2.55. The van der Waals surface area contributed by atoms with Crippen molar-refractivity contribution >= 4 is 0 Å². The van der Waals surface area contributed by atoms with Crippen molar-refractivity contribution < 1.29 is 0 Å². The maximum absolute atomic E-state index is 3.67. The van der Waals surface area contributed by atoms with E-state index in [4.69, 9.17) is 0 Å². The van der Waals surface area contributed by atoms with Crippen LogP contribution in [0.4, 0.5) is 0 Å². The minimum atomic E-state index is 0.387. The Morgan fingerprint density at radius 3 is 2.47 bits per heavy atom. The standard InChI is InChI=1S/C14H29N3/c1-4-13(2)17-10-8-16(9-11-17)12-14(3)6-5-7-15-14/h13,15H,4-12H2,1-3H3. The largest absolute Gasteiger partial charge is 0.310 e. The quantitative estimate of drug-likeness (QED) is 0.803. The second kappa shape index (κ2) is 5.68. The van der Waals surface area contributed by atoms with Crippen LogP contribution in [-0.4, -0.2) is 60.6 Å². The molecule has 2 rings (SSSR count). The highest BCUT2D eigenvalue weighted by Crippen LogP contribution is 2.20. The molecule has 1 N–H and O–H groups in total. The highest BCUT2D eigenvalue weighted by atomic mass is 15.3. The molecule has 0 aromatic rings. The number of nitrogens with zero attached hydrogens (tertiary/aromatic N) is 2. The van der Waals surface area contributed by atoms with Gasteiger partial charge in [-0.25, -0.2) is 0 Å². The zero-order chi connectivity index (χ0) is 12.3. The third kappa shape index (κ3) is 3.43. The van der Waals surface area contributed by atoms with Gasteiger partial charge in [-0.3, -0.25) is 9.80 Å². The SMILES string of the molecule is CCC(C)N1CCN(CC2(C)CCCN2)CC1. The maximum Gasteiger partial charge on any atom is 0.0280 e. The van der Waals surface area contributed by atoms with E-state index in [1.165, 1.54) is 58.5 Å². The van der Waals surface area contributed by atoms with E-state index in [0.29, 0.717) is 5.54 Å². The predicted molar refractivity (Wildman–Crippen MR) is 73.4 cm³/mol. The average molecular weight is 239 g/mol. The molecular weight excluding hydrogens is 210 g/mol. The van der Waals surface area contributed by atoms with Crippen LogP contribution in [0.3, 0.4) is 0 Å². The van der Waals surface area contributed by atoms with E-state index in [-0.39, 0.29) is 0 Å².